The van der Waals surface area contributed by atoms with Crippen LogP contribution in [0.3, 0.4) is 0 Å². The first-order valence-corrected chi connectivity index (χ1v) is 10.2. The molecule has 0 bridgehead atoms. The van der Waals surface area contributed by atoms with Gasteiger partial charge in [-0.1, -0.05) is 12.1 Å². The quantitative estimate of drug-likeness (QED) is 0.497. The van der Waals surface area contributed by atoms with Gasteiger partial charge in [-0.25, -0.2) is 4.79 Å². The van der Waals surface area contributed by atoms with Crippen LogP contribution in [0.1, 0.15) is 42.9 Å². The molecule has 8 nitrogen and oxygen atoms in total. The summed E-state index contributed by atoms with van der Waals surface area (Å²) >= 11 is 0. The topological polar surface area (TPSA) is 106 Å². The Labute approximate surface area is 177 Å². The smallest absolute Gasteiger partial charge is 0.328 e. The Morgan fingerprint density at radius 1 is 1.19 bits per heavy atom. The van der Waals surface area contributed by atoms with E-state index >= 15 is 0 Å². The highest BCUT2D eigenvalue weighted by Crippen LogP contribution is 2.31. The van der Waals surface area contributed by atoms with Crippen molar-refractivity contribution in [1.82, 2.24) is 14.9 Å². The fourth-order valence-corrected chi connectivity index (χ4v) is 3.57. The number of carbonyl (C=O) groups is 1. The summed E-state index contributed by atoms with van der Waals surface area (Å²) in [6.07, 6.45) is 0. The van der Waals surface area contributed by atoms with E-state index in [1.165, 1.54) is 6.07 Å². The fraction of sp³-hybridized carbons (Fsp3) is 0.261. The number of hydrogen-bond donors (Lipinski definition) is 2. The normalized spacial score (nSPS) is 12.2. The number of amides is 1. The van der Waals surface area contributed by atoms with E-state index in [-0.39, 0.29) is 18.0 Å². The second kappa shape index (κ2) is 8.14. The predicted octanol–water partition coefficient (Wildman–Crippen LogP) is 3.35. The van der Waals surface area contributed by atoms with Gasteiger partial charge in [-0.3, -0.25) is 14.2 Å². The highest BCUT2D eigenvalue weighted by molar-refractivity contribution is 5.97. The summed E-state index contributed by atoms with van der Waals surface area (Å²) in [7, 11) is 0. The van der Waals surface area contributed by atoms with Crippen LogP contribution in [0.5, 0.6) is 5.75 Å². The Morgan fingerprint density at radius 3 is 2.74 bits per heavy atom. The third-order valence-electron chi connectivity index (χ3n) is 5.16. The molecule has 2 N–H and O–H groups in total. The standard InChI is InChI=1S/C23H23N3O5/c1-4-26-22(28)16-10-9-15(11-17(16)25-23(26)29)21(27)24-13(3)19-12-14-7-6-8-18(30-5-2)20(14)31-19/h6-13H,4-5H2,1-3H3,(H,24,27)(H,25,29). The largest absolute Gasteiger partial charge is 0.490 e. The highest BCUT2D eigenvalue weighted by atomic mass is 16.5. The number of ether oxygens (including phenoxy) is 1. The molecule has 1 amide bonds. The molecule has 2 aromatic carbocycles. The van der Waals surface area contributed by atoms with Crippen molar-refractivity contribution < 1.29 is 13.9 Å². The summed E-state index contributed by atoms with van der Waals surface area (Å²) in [5, 5.41) is 4.13. The first-order valence-electron chi connectivity index (χ1n) is 10.2. The maximum atomic E-state index is 12.8. The molecule has 1 atom stereocenters. The summed E-state index contributed by atoms with van der Waals surface area (Å²) in [5.41, 5.74) is 0.406. The minimum Gasteiger partial charge on any atom is -0.490 e. The van der Waals surface area contributed by atoms with E-state index in [0.717, 1.165) is 9.95 Å². The van der Waals surface area contributed by atoms with Crippen LogP contribution in [0.25, 0.3) is 21.9 Å². The molecule has 31 heavy (non-hydrogen) atoms. The first kappa shape index (κ1) is 20.5. The maximum Gasteiger partial charge on any atom is 0.328 e. The van der Waals surface area contributed by atoms with E-state index in [0.29, 0.717) is 40.2 Å². The summed E-state index contributed by atoms with van der Waals surface area (Å²) in [6.45, 7) is 6.24. The van der Waals surface area contributed by atoms with Gasteiger partial charge in [0.2, 0.25) is 0 Å². The number of aromatic nitrogens is 2. The SMILES string of the molecule is CCOc1cccc2cc(C(C)NC(=O)c3ccc4c(=O)n(CC)c(=O)[nH]c4c3)oc12. The average molecular weight is 421 g/mol. The molecule has 160 valence electrons. The monoisotopic (exact) mass is 421 g/mol. The minimum atomic E-state index is -0.502. The van der Waals surface area contributed by atoms with Crippen molar-refractivity contribution in [2.24, 2.45) is 0 Å². The lowest BCUT2D eigenvalue weighted by molar-refractivity contribution is 0.0936. The van der Waals surface area contributed by atoms with Crippen LogP contribution in [0.4, 0.5) is 0 Å². The third kappa shape index (κ3) is 3.72. The molecule has 2 heterocycles. The van der Waals surface area contributed by atoms with E-state index in [9.17, 15) is 14.4 Å². The third-order valence-corrected chi connectivity index (χ3v) is 5.16. The molecule has 0 spiro atoms. The Balaban J connectivity index is 1.61. The lowest BCUT2D eigenvalue weighted by atomic mass is 10.1. The summed E-state index contributed by atoms with van der Waals surface area (Å²) in [6, 6.07) is 11.7. The molecule has 0 saturated carbocycles. The van der Waals surface area contributed by atoms with Crippen molar-refractivity contribution in [2.45, 2.75) is 33.4 Å². The van der Waals surface area contributed by atoms with Crippen LogP contribution in [-0.4, -0.2) is 22.1 Å². The summed E-state index contributed by atoms with van der Waals surface area (Å²) in [4.78, 5) is 39.9. The number of para-hydroxylation sites is 1. The lowest BCUT2D eigenvalue weighted by Gasteiger charge is -2.12. The molecular weight excluding hydrogens is 398 g/mol. The Hall–Kier alpha value is -3.81. The van der Waals surface area contributed by atoms with Crippen molar-refractivity contribution >= 4 is 27.8 Å². The van der Waals surface area contributed by atoms with E-state index in [2.05, 4.69) is 10.3 Å². The Bertz CT molecular complexity index is 1400. The van der Waals surface area contributed by atoms with Gasteiger partial charge in [-0.15, -0.1) is 0 Å². The average Bonchev–Trinajstić information content (AvgIpc) is 3.19. The number of nitrogens with one attached hydrogen (secondary N) is 2. The molecule has 0 fully saturated rings. The number of furan rings is 1. The number of nitrogens with zero attached hydrogens (tertiary/aromatic N) is 1. The molecule has 0 aliphatic heterocycles. The second-order valence-corrected chi connectivity index (χ2v) is 7.19. The maximum absolute atomic E-state index is 12.8. The van der Waals surface area contributed by atoms with Gasteiger partial charge in [0.05, 0.1) is 23.6 Å². The number of carbonyl (C=O) groups excluding carboxylic acids is 1. The van der Waals surface area contributed by atoms with Gasteiger partial charge >= 0.3 is 5.69 Å². The zero-order valence-corrected chi connectivity index (χ0v) is 17.5. The number of rotatable bonds is 6. The number of aromatic amines is 1. The van der Waals surface area contributed by atoms with E-state index in [1.54, 1.807) is 19.1 Å². The van der Waals surface area contributed by atoms with E-state index < -0.39 is 11.7 Å². The molecular formula is C23H23N3O5. The van der Waals surface area contributed by atoms with E-state index in [1.807, 2.05) is 38.1 Å². The van der Waals surface area contributed by atoms with Crippen LogP contribution in [-0.2, 0) is 6.54 Å². The van der Waals surface area contributed by atoms with Gasteiger partial charge in [-0.2, -0.15) is 0 Å². The lowest BCUT2D eigenvalue weighted by Crippen LogP contribution is -2.34. The van der Waals surface area contributed by atoms with Crippen molar-refractivity contribution in [3.05, 3.63) is 74.6 Å². The molecule has 8 heteroatoms. The molecule has 4 aromatic rings. The van der Waals surface area contributed by atoms with Gasteiger partial charge in [0.1, 0.15) is 5.76 Å². The minimum absolute atomic E-state index is 0.270. The Morgan fingerprint density at radius 2 is 2.00 bits per heavy atom. The molecule has 2 aromatic heterocycles. The molecule has 1 unspecified atom stereocenters. The number of H-pyrrole nitrogens is 1. The van der Waals surface area contributed by atoms with E-state index in [4.69, 9.17) is 9.15 Å². The van der Waals surface area contributed by atoms with Crippen molar-refractivity contribution in [3.8, 4) is 5.75 Å². The first-order chi connectivity index (χ1) is 14.9. The molecule has 0 aliphatic carbocycles. The van der Waals surface area contributed by atoms with Gasteiger partial charge < -0.3 is 19.5 Å². The number of benzene rings is 2. The van der Waals surface area contributed by atoms with Gasteiger partial charge in [0.15, 0.2) is 11.3 Å². The Kier molecular flexibility index (Phi) is 5.37. The predicted molar refractivity (Wildman–Crippen MR) is 118 cm³/mol. The number of hydrogen-bond acceptors (Lipinski definition) is 5. The molecule has 0 radical (unpaired) electrons. The van der Waals surface area contributed by atoms with Crippen LogP contribution < -0.4 is 21.3 Å². The van der Waals surface area contributed by atoms with Crippen LogP contribution in [0.15, 0.2) is 56.5 Å². The second-order valence-electron chi connectivity index (χ2n) is 7.19. The van der Waals surface area contributed by atoms with Gasteiger partial charge in [0.25, 0.3) is 11.5 Å². The van der Waals surface area contributed by atoms with Crippen molar-refractivity contribution in [2.75, 3.05) is 6.61 Å². The summed E-state index contributed by atoms with van der Waals surface area (Å²) < 4.78 is 12.7. The fourth-order valence-electron chi connectivity index (χ4n) is 3.57. The summed E-state index contributed by atoms with van der Waals surface area (Å²) in [5.74, 6) is 0.900. The zero-order chi connectivity index (χ0) is 22.1. The molecule has 4 rings (SSSR count). The zero-order valence-electron chi connectivity index (χ0n) is 17.5. The van der Waals surface area contributed by atoms with Crippen LogP contribution in [0.2, 0.25) is 0 Å². The van der Waals surface area contributed by atoms with Crippen molar-refractivity contribution in [3.63, 3.8) is 0 Å². The van der Waals surface area contributed by atoms with Gasteiger partial charge in [-0.05, 0) is 51.1 Å². The molecule has 0 saturated heterocycles. The van der Waals surface area contributed by atoms with Crippen LogP contribution in [0, 0.1) is 0 Å². The van der Waals surface area contributed by atoms with Crippen LogP contribution >= 0.6 is 0 Å². The molecule has 0 aliphatic rings. The van der Waals surface area contributed by atoms with Gasteiger partial charge in [0, 0.05) is 17.5 Å². The number of fused-ring (bicyclic) bond motifs is 2. The highest BCUT2D eigenvalue weighted by Gasteiger charge is 2.18. The van der Waals surface area contributed by atoms with Crippen molar-refractivity contribution in [1.29, 1.82) is 0 Å².